The van der Waals surface area contributed by atoms with E-state index in [1.807, 2.05) is 24.3 Å². The number of nitrogens with zero attached hydrogens (tertiary/aromatic N) is 1. The minimum atomic E-state index is -0.0874. The molecule has 0 spiro atoms. The Morgan fingerprint density at radius 3 is 2.26 bits per heavy atom. The third-order valence-electron chi connectivity index (χ3n) is 6.36. The molecule has 0 bridgehead atoms. The number of hydrogen-bond acceptors (Lipinski definition) is 6. The zero-order valence-corrected chi connectivity index (χ0v) is 21.1. The molecule has 0 amide bonds. The molecule has 182 valence electrons. The normalized spacial score (nSPS) is 14.9. The lowest BCUT2D eigenvalue weighted by molar-refractivity contribution is 0.0262. The highest BCUT2D eigenvalue weighted by atomic mass is 35.5. The number of carbonyl (C=O) groups is 1. The molecule has 1 aliphatic heterocycles. The maximum atomic E-state index is 13.7. The zero-order chi connectivity index (χ0) is 23.7. The third kappa shape index (κ3) is 5.30. The second kappa shape index (κ2) is 10.7. The Labute approximate surface area is 215 Å². The van der Waals surface area contributed by atoms with Gasteiger partial charge in [0, 0.05) is 39.2 Å². The number of rotatable bonds is 6. The Morgan fingerprint density at radius 2 is 1.57 bits per heavy atom. The van der Waals surface area contributed by atoms with Crippen molar-refractivity contribution in [1.82, 2.24) is 4.90 Å². The van der Waals surface area contributed by atoms with Crippen molar-refractivity contribution >= 4 is 39.6 Å². The highest BCUT2D eigenvalue weighted by Crippen LogP contribution is 2.41. The molecule has 7 heteroatoms. The molecule has 5 nitrogen and oxygen atoms in total. The summed E-state index contributed by atoms with van der Waals surface area (Å²) in [6.45, 7) is 4.18. The van der Waals surface area contributed by atoms with Crippen LogP contribution >= 0.6 is 23.7 Å². The first-order valence-electron chi connectivity index (χ1n) is 11.6. The number of thiophene rings is 1. The lowest BCUT2D eigenvalue weighted by Gasteiger charge is -2.32. The van der Waals surface area contributed by atoms with Crippen LogP contribution in [0.3, 0.4) is 0 Å². The van der Waals surface area contributed by atoms with Crippen molar-refractivity contribution < 1.29 is 19.7 Å². The summed E-state index contributed by atoms with van der Waals surface area (Å²) in [4.78, 5) is 16.9. The van der Waals surface area contributed by atoms with Crippen molar-refractivity contribution in [2.75, 3.05) is 13.1 Å². The number of hydrogen-bond donors (Lipinski definition) is 2. The molecule has 5 rings (SSSR count). The van der Waals surface area contributed by atoms with Gasteiger partial charge in [0.1, 0.15) is 23.5 Å². The van der Waals surface area contributed by atoms with Crippen LogP contribution in [0.2, 0.25) is 0 Å². The topological polar surface area (TPSA) is 70.0 Å². The Kier molecular flexibility index (Phi) is 7.65. The lowest BCUT2D eigenvalue weighted by Crippen LogP contribution is -2.40. The number of likely N-dealkylation sites (tertiary alicyclic amines) is 1. The van der Waals surface area contributed by atoms with Gasteiger partial charge in [-0.05, 0) is 92.1 Å². The van der Waals surface area contributed by atoms with Gasteiger partial charge in [0.2, 0.25) is 0 Å². The Hall–Kier alpha value is -3.06. The van der Waals surface area contributed by atoms with Crippen molar-refractivity contribution in [3.63, 3.8) is 0 Å². The molecule has 4 aromatic rings. The summed E-state index contributed by atoms with van der Waals surface area (Å²) in [5.41, 5.74) is 2.02. The molecular weight excluding hydrogens is 482 g/mol. The smallest absolute Gasteiger partial charge is 0.195 e. The standard InChI is InChI=1S/C28H27NO4S.ClH/c1-18(29-15-3-2-4-16-29)33-23-12-7-19(8-13-23)27(32)26-24-14-11-22(31)17-25(24)34-28(26)20-5-9-21(30)10-6-20;/h5-14,17-18,30-31H,2-4,15-16H2,1H3;1H. The van der Waals surface area contributed by atoms with E-state index < -0.39 is 0 Å². The summed E-state index contributed by atoms with van der Waals surface area (Å²) >= 11 is 1.45. The van der Waals surface area contributed by atoms with Crippen molar-refractivity contribution in [1.29, 1.82) is 0 Å². The SMILES string of the molecule is CC(Oc1ccc(C(=O)c2c(-c3ccc(O)cc3)sc3cc(O)ccc23)cc1)N1CCCCC1.Cl. The second-order valence-electron chi connectivity index (χ2n) is 8.70. The van der Waals surface area contributed by atoms with Crippen LogP contribution in [0.5, 0.6) is 17.2 Å². The first-order valence-corrected chi connectivity index (χ1v) is 12.4. The lowest BCUT2D eigenvalue weighted by atomic mass is 9.97. The average molecular weight is 510 g/mol. The number of phenolic OH excluding ortho intramolecular Hbond substituents is 2. The number of ether oxygens (including phenoxy) is 1. The van der Waals surface area contributed by atoms with Gasteiger partial charge in [0.05, 0.1) is 0 Å². The molecule has 0 saturated carbocycles. The maximum Gasteiger partial charge on any atom is 0.195 e. The molecule has 1 aromatic heterocycles. The van der Waals surface area contributed by atoms with Gasteiger partial charge >= 0.3 is 0 Å². The van der Waals surface area contributed by atoms with Gasteiger partial charge in [-0.2, -0.15) is 0 Å². The minimum Gasteiger partial charge on any atom is -0.508 e. The van der Waals surface area contributed by atoms with E-state index in [0.29, 0.717) is 11.1 Å². The Morgan fingerprint density at radius 1 is 0.914 bits per heavy atom. The van der Waals surface area contributed by atoms with E-state index in [2.05, 4.69) is 11.8 Å². The number of phenols is 2. The quantitative estimate of drug-likeness (QED) is 0.278. The maximum absolute atomic E-state index is 13.7. The minimum absolute atomic E-state index is 0. The van der Waals surface area contributed by atoms with Crippen LogP contribution in [0.25, 0.3) is 20.5 Å². The van der Waals surface area contributed by atoms with Gasteiger partial charge in [-0.1, -0.05) is 6.42 Å². The van der Waals surface area contributed by atoms with E-state index in [-0.39, 0.29) is 35.9 Å². The number of halogens is 1. The van der Waals surface area contributed by atoms with Crippen molar-refractivity contribution in [2.45, 2.75) is 32.4 Å². The summed E-state index contributed by atoms with van der Waals surface area (Å²) in [5, 5.41) is 20.5. The highest BCUT2D eigenvalue weighted by Gasteiger charge is 2.22. The van der Waals surface area contributed by atoms with E-state index in [4.69, 9.17) is 4.74 Å². The molecule has 2 heterocycles. The van der Waals surface area contributed by atoms with Crippen molar-refractivity contribution in [3.8, 4) is 27.7 Å². The van der Waals surface area contributed by atoms with Crippen LogP contribution in [0.4, 0.5) is 0 Å². The largest absolute Gasteiger partial charge is 0.508 e. The van der Waals surface area contributed by atoms with E-state index in [1.54, 1.807) is 42.5 Å². The van der Waals surface area contributed by atoms with Crippen LogP contribution in [-0.4, -0.2) is 40.2 Å². The molecule has 1 unspecified atom stereocenters. The van der Waals surface area contributed by atoms with Crippen LogP contribution in [-0.2, 0) is 0 Å². The van der Waals surface area contributed by atoms with E-state index in [0.717, 1.165) is 39.4 Å². The highest BCUT2D eigenvalue weighted by molar-refractivity contribution is 7.22. The predicted molar refractivity (Wildman–Crippen MR) is 143 cm³/mol. The van der Waals surface area contributed by atoms with Gasteiger partial charge in [0.15, 0.2) is 5.78 Å². The van der Waals surface area contributed by atoms with E-state index in [9.17, 15) is 15.0 Å². The molecule has 3 aromatic carbocycles. The first-order chi connectivity index (χ1) is 16.5. The van der Waals surface area contributed by atoms with Gasteiger partial charge in [0.25, 0.3) is 0 Å². The monoisotopic (exact) mass is 509 g/mol. The van der Waals surface area contributed by atoms with Crippen LogP contribution < -0.4 is 4.74 Å². The molecular formula is C28H28ClNO4S. The van der Waals surface area contributed by atoms with E-state index in [1.165, 1.54) is 30.6 Å². The summed E-state index contributed by atoms with van der Waals surface area (Å²) in [5.74, 6) is 0.989. The number of carbonyl (C=O) groups excluding carboxylic acids is 1. The van der Waals surface area contributed by atoms with Gasteiger partial charge in [-0.25, -0.2) is 0 Å². The van der Waals surface area contributed by atoms with E-state index >= 15 is 0 Å². The summed E-state index contributed by atoms with van der Waals surface area (Å²) in [6, 6.07) is 19.2. The van der Waals surface area contributed by atoms with Crippen molar-refractivity contribution in [3.05, 3.63) is 77.9 Å². The second-order valence-corrected chi connectivity index (χ2v) is 9.75. The van der Waals surface area contributed by atoms with Gasteiger partial charge in [-0.3, -0.25) is 9.69 Å². The van der Waals surface area contributed by atoms with Crippen LogP contribution in [0, 0.1) is 0 Å². The molecule has 1 atom stereocenters. The van der Waals surface area contributed by atoms with Gasteiger partial charge < -0.3 is 14.9 Å². The van der Waals surface area contributed by atoms with Crippen LogP contribution in [0.1, 0.15) is 42.1 Å². The number of benzene rings is 3. The molecule has 1 aliphatic rings. The first kappa shape index (κ1) is 25.0. The Balaban J connectivity index is 0.00000289. The Bertz CT molecular complexity index is 1310. The number of fused-ring (bicyclic) bond motifs is 1. The van der Waals surface area contributed by atoms with Crippen LogP contribution in [0.15, 0.2) is 66.7 Å². The summed E-state index contributed by atoms with van der Waals surface area (Å²) in [6.07, 6.45) is 3.69. The molecule has 2 N–H and O–H groups in total. The fourth-order valence-electron chi connectivity index (χ4n) is 4.51. The third-order valence-corrected chi connectivity index (χ3v) is 7.56. The number of aromatic hydroxyl groups is 2. The average Bonchev–Trinajstić information content (AvgIpc) is 3.23. The molecule has 0 radical (unpaired) electrons. The summed E-state index contributed by atoms with van der Waals surface area (Å²) in [7, 11) is 0. The fourth-order valence-corrected chi connectivity index (χ4v) is 5.75. The number of piperidine rings is 1. The molecule has 1 fully saturated rings. The molecule has 35 heavy (non-hydrogen) atoms. The molecule has 0 aliphatic carbocycles. The molecule has 1 saturated heterocycles. The fraction of sp³-hybridized carbons (Fsp3) is 0.250. The predicted octanol–water partition coefficient (Wildman–Crippen LogP) is 6.84. The zero-order valence-electron chi connectivity index (χ0n) is 19.4. The van der Waals surface area contributed by atoms with Crippen molar-refractivity contribution in [2.24, 2.45) is 0 Å². The van der Waals surface area contributed by atoms with Gasteiger partial charge in [-0.15, -0.1) is 23.7 Å². The summed E-state index contributed by atoms with van der Waals surface area (Å²) < 4.78 is 6.97. The number of ketones is 1.